The molecule has 3 rings (SSSR count). The summed E-state index contributed by atoms with van der Waals surface area (Å²) in [6, 6.07) is 13.1. The first-order valence-electron chi connectivity index (χ1n) is 8.01. The quantitative estimate of drug-likeness (QED) is 0.616. The topological polar surface area (TPSA) is 57.1 Å². The van der Waals surface area contributed by atoms with Crippen molar-refractivity contribution in [3.05, 3.63) is 64.9 Å². The Balaban J connectivity index is 1.91. The zero-order valence-electron chi connectivity index (χ0n) is 14.4. The number of methoxy groups -OCH3 is 1. The van der Waals surface area contributed by atoms with E-state index in [0.29, 0.717) is 24.0 Å². The molecule has 0 radical (unpaired) electrons. The third-order valence-corrected chi connectivity index (χ3v) is 3.71. The number of rotatable bonds is 5. The molecule has 1 aliphatic rings. The fourth-order valence-corrected chi connectivity index (χ4v) is 2.44. The van der Waals surface area contributed by atoms with Crippen molar-refractivity contribution in [3.63, 3.8) is 0 Å². The predicted molar refractivity (Wildman–Crippen MR) is 95.9 cm³/mol. The lowest BCUT2D eigenvalue weighted by Crippen LogP contribution is -2.05. The molecule has 25 heavy (non-hydrogen) atoms. The zero-order valence-corrected chi connectivity index (χ0v) is 14.4. The Kier molecular flexibility index (Phi) is 4.84. The maximum atomic E-state index is 12.1. The van der Waals surface area contributed by atoms with Crippen molar-refractivity contribution >= 4 is 17.9 Å². The lowest BCUT2D eigenvalue weighted by molar-refractivity contribution is -0.129. The van der Waals surface area contributed by atoms with Crippen LogP contribution in [0.4, 0.5) is 0 Å². The average Bonchev–Trinajstić information content (AvgIpc) is 2.97. The van der Waals surface area contributed by atoms with Gasteiger partial charge < -0.3 is 14.2 Å². The molecule has 1 aliphatic heterocycles. The average molecular weight is 337 g/mol. The molecule has 0 saturated heterocycles. The predicted octanol–water partition coefficient (Wildman–Crippen LogP) is 3.75. The van der Waals surface area contributed by atoms with Crippen molar-refractivity contribution in [2.75, 3.05) is 13.7 Å². The SMILES string of the molecule is CCOc1cc(C=C2N=C(c3ccc(C)cc3)OC2=O)ccc1OC. The molecule has 2 aromatic carbocycles. The smallest absolute Gasteiger partial charge is 0.363 e. The van der Waals surface area contributed by atoms with Gasteiger partial charge in [-0.2, -0.15) is 0 Å². The standard InChI is InChI=1S/C20H19NO4/c1-4-24-18-12-14(7-10-17(18)23-3)11-16-20(22)25-19(21-16)15-8-5-13(2)6-9-15/h5-12H,4H2,1-3H3. The highest BCUT2D eigenvalue weighted by molar-refractivity contribution is 6.12. The Hall–Kier alpha value is -3.08. The van der Waals surface area contributed by atoms with Crippen molar-refractivity contribution in [3.8, 4) is 11.5 Å². The van der Waals surface area contributed by atoms with Crippen LogP contribution in [0.5, 0.6) is 11.5 Å². The molecule has 5 heteroatoms. The molecule has 0 atom stereocenters. The first kappa shape index (κ1) is 16.8. The summed E-state index contributed by atoms with van der Waals surface area (Å²) in [4.78, 5) is 16.4. The Labute approximate surface area is 146 Å². The number of benzene rings is 2. The van der Waals surface area contributed by atoms with Gasteiger partial charge in [0, 0.05) is 5.56 Å². The van der Waals surface area contributed by atoms with E-state index in [1.165, 1.54) is 0 Å². The van der Waals surface area contributed by atoms with Gasteiger partial charge in [-0.05, 0) is 49.8 Å². The van der Waals surface area contributed by atoms with Crippen LogP contribution in [0.1, 0.15) is 23.6 Å². The largest absolute Gasteiger partial charge is 0.493 e. The highest BCUT2D eigenvalue weighted by Crippen LogP contribution is 2.29. The number of carbonyl (C=O) groups is 1. The van der Waals surface area contributed by atoms with Crippen molar-refractivity contribution < 1.29 is 19.0 Å². The molecular weight excluding hydrogens is 318 g/mol. The van der Waals surface area contributed by atoms with Gasteiger partial charge in [0.2, 0.25) is 5.90 Å². The summed E-state index contributed by atoms with van der Waals surface area (Å²) in [5.41, 5.74) is 2.94. The monoisotopic (exact) mass is 337 g/mol. The second kappa shape index (κ2) is 7.21. The third kappa shape index (κ3) is 3.71. The van der Waals surface area contributed by atoms with Crippen LogP contribution in [0.3, 0.4) is 0 Å². The van der Waals surface area contributed by atoms with Crippen molar-refractivity contribution in [1.82, 2.24) is 0 Å². The number of aryl methyl sites for hydroxylation is 1. The van der Waals surface area contributed by atoms with Crippen molar-refractivity contribution in [2.45, 2.75) is 13.8 Å². The second-order valence-electron chi connectivity index (χ2n) is 5.55. The summed E-state index contributed by atoms with van der Waals surface area (Å²) in [7, 11) is 1.59. The Morgan fingerprint density at radius 2 is 1.88 bits per heavy atom. The maximum absolute atomic E-state index is 12.1. The Morgan fingerprint density at radius 1 is 1.12 bits per heavy atom. The first-order chi connectivity index (χ1) is 12.1. The van der Waals surface area contributed by atoms with E-state index in [1.807, 2.05) is 50.2 Å². The molecule has 0 aromatic heterocycles. The fourth-order valence-electron chi connectivity index (χ4n) is 2.44. The van der Waals surface area contributed by atoms with Crippen molar-refractivity contribution in [2.24, 2.45) is 4.99 Å². The lowest BCUT2D eigenvalue weighted by atomic mass is 10.1. The number of nitrogens with zero attached hydrogens (tertiary/aromatic N) is 1. The van der Waals surface area contributed by atoms with Crippen LogP contribution in [0.25, 0.3) is 6.08 Å². The van der Waals surface area contributed by atoms with Gasteiger partial charge in [0.15, 0.2) is 17.2 Å². The third-order valence-electron chi connectivity index (χ3n) is 3.71. The maximum Gasteiger partial charge on any atom is 0.363 e. The molecule has 0 spiro atoms. The number of hydrogen-bond acceptors (Lipinski definition) is 5. The van der Waals surface area contributed by atoms with Crippen LogP contribution in [-0.2, 0) is 9.53 Å². The van der Waals surface area contributed by atoms with Gasteiger partial charge in [0.1, 0.15) is 0 Å². The first-order valence-corrected chi connectivity index (χ1v) is 8.01. The Bertz CT molecular complexity index is 850. The number of hydrogen-bond donors (Lipinski definition) is 0. The molecule has 0 fully saturated rings. The summed E-state index contributed by atoms with van der Waals surface area (Å²) in [6.07, 6.45) is 1.67. The van der Waals surface area contributed by atoms with E-state index in [1.54, 1.807) is 19.3 Å². The minimum Gasteiger partial charge on any atom is -0.493 e. The van der Waals surface area contributed by atoms with Gasteiger partial charge in [-0.1, -0.05) is 23.8 Å². The molecule has 5 nitrogen and oxygen atoms in total. The molecule has 0 unspecified atom stereocenters. The van der Waals surface area contributed by atoms with Crippen LogP contribution in [0.15, 0.2) is 53.2 Å². The molecule has 2 aromatic rings. The van der Waals surface area contributed by atoms with Gasteiger partial charge in [-0.15, -0.1) is 0 Å². The fraction of sp³-hybridized carbons (Fsp3) is 0.200. The number of aliphatic imine (C=N–C) groups is 1. The highest BCUT2D eigenvalue weighted by Gasteiger charge is 2.24. The number of carbonyl (C=O) groups excluding carboxylic acids is 1. The number of ether oxygens (including phenoxy) is 3. The minimum absolute atomic E-state index is 0.253. The van der Waals surface area contributed by atoms with Gasteiger partial charge in [-0.25, -0.2) is 9.79 Å². The van der Waals surface area contributed by atoms with Crippen LogP contribution < -0.4 is 9.47 Å². The molecule has 0 N–H and O–H groups in total. The Morgan fingerprint density at radius 3 is 2.56 bits per heavy atom. The highest BCUT2D eigenvalue weighted by atomic mass is 16.6. The molecular formula is C20H19NO4. The molecule has 1 heterocycles. The van der Waals surface area contributed by atoms with E-state index in [9.17, 15) is 4.79 Å². The van der Waals surface area contributed by atoms with E-state index in [-0.39, 0.29) is 5.70 Å². The molecule has 0 amide bonds. The van der Waals surface area contributed by atoms with E-state index in [2.05, 4.69) is 4.99 Å². The summed E-state index contributed by atoms with van der Waals surface area (Å²) in [6.45, 7) is 4.42. The van der Waals surface area contributed by atoms with Gasteiger partial charge in [0.25, 0.3) is 0 Å². The lowest BCUT2D eigenvalue weighted by Gasteiger charge is -2.09. The summed E-state index contributed by atoms with van der Waals surface area (Å²) in [5.74, 6) is 1.11. The van der Waals surface area contributed by atoms with Crippen LogP contribution in [-0.4, -0.2) is 25.6 Å². The number of cyclic esters (lactones) is 1. The second-order valence-corrected chi connectivity index (χ2v) is 5.55. The zero-order chi connectivity index (χ0) is 17.8. The van der Waals surface area contributed by atoms with Crippen LogP contribution in [0.2, 0.25) is 0 Å². The van der Waals surface area contributed by atoms with Crippen molar-refractivity contribution in [1.29, 1.82) is 0 Å². The van der Waals surface area contributed by atoms with Gasteiger partial charge >= 0.3 is 5.97 Å². The van der Waals surface area contributed by atoms with E-state index < -0.39 is 5.97 Å². The molecule has 128 valence electrons. The molecule has 0 saturated carbocycles. The van der Waals surface area contributed by atoms with Gasteiger partial charge in [-0.3, -0.25) is 0 Å². The van der Waals surface area contributed by atoms with Crippen LogP contribution in [0, 0.1) is 6.92 Å². The summed E-state index contributed by atoms with van der Waals surface area (Å²) < 4.78 is 16.1. The molecule has 0 bridgehead atoms. The minimum atomic E-state index is -0.468. The van der Waals surface area contributed by atoms with E-state index >= 15 is 0 Å². The number of esters is 1. The van der Waals surface area contributed by atoms with Crippen LogP contribution >= 0.6 is 0 Å². The normalized spacial score (nSPS) is 15.1. The van der Waals surface area contributed by atoms with E-state index in [0.717, 1.165) is 16.7 Å². The molecule has 0 aliphatic carbocycles. The van der Waals surface area contributed by atoms with E-state index in [4.69, 9.17) is 14.2 Å². The summed E-state index contributed by atoms with van der Waals surface area (Å²) >= 11 is 0. The summed E-state index contributed by atoms with van der Waals surface area (Å²) in [5, 5.41) is 0. The van der Waals surface area contributed by atoms with Gasteiger partial charge in [0.05, 0.1) is 13.7 Å².